The number of nitrogens with zero attached hydrogens (tertiary/aromatic N) is 1. The Morgan fingerprint density at radius 1 is 1.24 bits per heavy atom. The highest BCUT2D eigenvalue weighted by Crippen LogP contribution is 2.37. The van der Waals surface area contributed by atoms with Crippen molar-refractivity contribution < 1.29 is 9.59 Å². The number of carbonyl (C=O) groups excluding carboxylic acids is 2. The third-order valence-electron chi connectivity index (χ3n) is 4.37. The Morgan fingerprint density at radius 3 is 2.80 bits per heavy atom. The molecule has 0 bridgehead atoms. The largest absolute Gasteiger partial charge is 0.365 e. The number of benzene rings is 1. The summed E-state index contributed by atoms with van der Waals surface area (Å²) in [5, 5.41) is 4.52. The predicted molar refractivity (Wildman–Crippen MR) is 103 cm³/mol. The zero-order valence-electron chi connectivity index (χ0n) is 13.7. The molecule has 0 radical (unpaired) electrons. The zero-order chi connectivity index (χ0) is 17.6. The molecule has 1 aliphatic heterocycles. The van der Waals surface area contributed by atoms with Crippen LogP contribution < -0.4 is 11.1 Å². The normalized spacial score (nSPS) is 14.4. The minimum absolute atomic E-state index is 0.198. The summed E-state index contributed by atoms with van der Waals surface area (Å²) in [4.78, 5) is 28.6. The SMILES string of the molecule is CN1CCc2c(sc(NC(=O)c3cc4ccccc4s3)c2C(N)=O)C1. The highest BCUT2D eigenvalue weighted by Gasteiger charge is 2.27. The molecule has 0 unspecified atom stereocenters. The number of amides is 2. The molecule has 1 aromatic carbocycles. The number of hydrogen-bond acceptors (Lipinski definition) is 5. The summed E-state index contributed by atoms with van der Waals surface area (Å²) in [5.74, 6) is -0.677. The van der Waals surface area contributed by atoms with Crippen LogP contribution in [0.3, 0.4) is 0 Å². The van der Waals surface area contributed by atoms with Crippen molar-refractivity contribution in [1.82, 2.24) is 4.90 Å². The van der Waals surface area contributed by atoms with Gasteiger partial charge in [-0.25, -0.2) is 0 Å². The quantitative estimate of drug-likeness (QED) is 0.742. The van der Waals surface area contributed by atoms with Crippen molar-refractivity contribution in [2.45, 2.75) is 13.0 Å². The number of anilines is 1. The van der Waals surface area contributed by atoms with E-state index in [1.54, 1.807) is 0 Å². The molecule has 3 N–H and O–H groups in total. The Balaban J connectivity index is 1.68. The Morgan fingerprint density at radius 2 is 2.04 bits per heavy atom. The molecule has 0 aliphatic carbocycles. The molecule has 2 aromatic heterocycles. The molecule has 25 heavy (non-hydrogen) atoms. The number of likely N-dealkylation sites (N-methyl/N-ethyl adjacent to an activating group) is 1. The van der Waals surface area contributed by atoms with E-state index in [9.17, 15) is 9.59 Å². The van der Waals surface area contributed by atoms with Gasteiger partial charge in [-0.3, -0.25) is 9.59 Å². The molecule has 0 spiro atoms. The molecule has 7 heteroatoms. The summed E-state index contributed by atoms with van der Waals surface area (Å²) in [6.45, 7) is 1.66. The van der Waals surface area contributed by atoms with Crippen LogP contribution in [0.4, 0.5) is 5.00 Å². The molecule has 1 aliphatic rings. The first-order valence-corrected chi connectivity index (χ1v) is 9.59. The smallest absolute Gasteiger partial charge is 0.266 e. The Kier molecular flexibility index (Phi) is 4.07. The number of thiophene rings is 2. The van der Waals surface area contributed by atoms with Crippen LogP contribution in [0.2, 0.25) is 0 Å². The maximum absolute atomic E-state index is 12.7. The van der Waals surface area contributed by atoms with Crippen molar-refractivity contribution >= 4 is 49.6 Å². The molecule has 0 fully saturated rings. The van der Waals surface area contributed by atoms with E-state index in [0.29, 0.717) is 15.4 Å². The molecule has 0 atom stereocenters. The number of primary amides is 1. The molecule has 5 nitrogen and oxygen atoms in total. The molecule has 0 saturated carbocycles. The van der Waals surface area contributed by atoms with Crippen LogP contribution in [0.1, 0.15) is 30.5 Å². The summed E-state index contributed by atoms with van der Waals surface area (Å²) in [7, 11) is 2.04. The second-order valence-corrected chi connectivity index (χ2v) is 8.35. The van der Waals surface area contributed by atoms with Gasteiger partial charge >= 0.3 is 0 Å². The van der Waals surface area contributed by atoms with Gasteiger partial charge in [0, 0.05) is 22.7 Å². The van der Waals surface area contributed by atoms with Crippen molar-refractivity contribution in [2.75, 3.05) is 18.9 Å². The van der Waals surface area contributed by atoms with E-state index < -0.39 is 5.91 Å². The van der Waals surface area contributed by atoms with Gasteiger partial charge in [0.2, 0.25) is 0 Å². The second-order valence-electron chi connectivity index (χ2n) is 6.16. The fraction of sp³-hybridized carbons (Fsp3) is 0.222. The summed E-state index contributed by atoms with van der Waals surface area (Å²) in [6.07, 6.45) is 0.777. The van der Waals surface area contributed by atoms with E-state index in [-0.39, 0.29) is 5.91 Å². The monoisotopic (exact) mass is 371 g/mol. The summed E-state index contributed by atoms with van der Waals surface area (Å²) in [6, 6.07) is 9.75. The number of fused-ring (bicyclic) bond motifs is 2. The van der Waals surface area contributed by atoms with Crippen LogP contribution in [0, 0.1) is 0 Å². The van der Waals surface area contributed by atoms with Gasteiger partial charge in [0.1, 0.15) is 5.00 Å². The topological polar surface area (TPSA) is 75.4 Å². The van der Waals surface area contributed by atoms with E-state index in [4.69, 9.17) is 5.73 Å². The lowest BCUT2D eigenvalue weighted by atomic mass is 10.0. The van der Waals surface area contributed by atoms with Crippen LogP contribution in [0.25, 0.3) is 10.1 Å². The number of carbonyl (C=O) groups is 2. The first kappa shape index (κ1) is 16.3. The standard InChI is InChI=1S/C18H17N3O2S2/c1-21-7-6-11-14(9-21)25-18(15(11)16(19)22)20-17(23)13-8-10-4-2-3-5-12(10)24-13/h2-5,8H,6-7,9H2,1H3,(H2,19,22)(H,20,23). The summed E-state index contributed by atoms with van der Waals surface area (Å²) < 4.78 is 1.06. The number of hydrogen-bond donors (Lipinski definition) is 2. The van der Waals surface area contributed by atoms with E-state index in [2.05, 4.69) is 10.2 Å². The molecule has 128 valence electrons. The minimum atomic E-state index is -0.478. The summed E-state index contributed by atoms with van der Waals surface area (Å²) in [5.41, 5.74) is 7.06. The van der Waals surface area contributed by atoms with Gasteiger partial charge in [0.05, 0.1) is 10.4 Å². The van der Waals surface area contributed by atoms with Crippen LogP contribution in [-0.2, 0) is 13.0 Å². The maximum Gasteiger partial charge on any atom is 0.266 e. The van der Waals surface area contributed by atoms with Crippen molar-refractivity contribution in [3.63, 3.8) is 0 Å². The first-order valence-electron chi connectivity index (χ1n) is 7.95. The van der Waals surface area contributed by atoms with E-state index in [0.717, 1.165) is 40.0 Å². The van der Waals surface area contributed by atoms with Gasteiger partial charge in [0.25, 0.3) is 11.8 Å². The van der Waals surface area contributed by atoms with E-state index in [1.165, 1.54) is 22.7 Å². The molecule has 4 rings (SSSR count). The van der Waals surface area contributed by atoms with Gasteiger partial charge in [-0.05, 0) is 36.6 Å². The lowest BCUT2D eigenvalue weighted by Crippen LogP contribution is -2.27. The zero-order valence-corrected chi connectivity index (χ0v) is 15.3. The lowest BCUT2D eigenvalue weighted by Gasteiger charge is -2.22. The van der Waals surface area contributed by atoms with Crippen LogP contribution in [0.15, 0.2) is 30.3 Å². The molecule has 3 aromatic rings. The fourth-order valence-corrected chi connectivity index (χ4v) is 5.42. The number of rotatable bonds is 3. The second kappa shape index (κ2) is 6.25. The van der Waals surface area contributed by atoms with Gasteiger partial charge in [-0.1, -0.05) is 18.2 Å². The average Bonchev–Trinajstić information content (AvgIpc) is 3.15. The molecule has 3 heterocycles. The third kappa shape index (κ3) is 2.95. The van der Waals surface area contributed by atoms with Crippen molar-refractivity contribution in [1.29, 1.82) is 0 Å². The maximum atomic E-state index is 12.7. The fourth-order valence-electron chi connectivity index (χ4n) is 3.14. The number of nitrogens with one attached hydrogen (secondary N) is 1. The average molecular weight is 371 g/mol. The van der Waals surface area contributed by atoms with Gasteiger partial charge < -0.3 is 16.0 Å². The van der Waals surface area contributed by atoms with E-state index in [1.807, 2.05) is 37.4 Å². The van der Waals surface area contributed by atoms with Crippen LogP contribution in [0.5, 0.6) is 0 Å². The van der Waals surface area contributed by atoms with Crippen molar-refractivity contribution in [2.24, 2.45) is 5.73 Å². The van der Waals surface area contributed by atoms with E-state index >= 15 is 0 Å². The molecular formula is C18H17N3O2S2. The van der Waals surface area contributed by atoms with Gasteiger partial charge in [-0.2, -0.15) is 0 Å². The third-order valence-corrected chi connectivity index (χ3v) is 6.62. The lowest BCUT2D eigenvalue weighted by molar-refractivity contribution is 0.1000. The summed E-state index contributed by atoms with van der Waals surface area (Å²) >= 11 is 2.90. The van der Waals surface area contributed by atoms with Crippen LogP contribution >= 0.6 is 22.7 Å². The molecule has 0 saturated heterocycles. The van der Waals surface area contributed by atoms with Crippen molar-refractivity contribution in [3.8, 4) is 0 Å². The predicted octanol–water partition coefficient (Wildman–Crippen LogP) is 3.30. The Hall–Kier alpha value is -2.22. The van der Waals surface area contributed by atoms with Crippen LogP contribution in [-0.4, -0.2) is 30.3 Å². The van der Waals surface area contributed by atoms with Crippen molar-refractivity contribution in [3.05, 3.63) is 51.2 Å². The van der Waals surface area contributed by atoms with Gasteiger partial charge in [0.15, 0.2) is 0 Å². The van der Waals surface area contributed by atoms with Gasteiger partial charge in [-0.15, -0.1) is 22.7 Å². The number of nitrogens with two attached hydrogens (primary N) is 1. The minimum Gasteiger partial charge on any atom is -0.365 e. The first-order chi connectivity index (χ1) is 12.0. The molecular weight excluding hydrogens is 354 g/mol. The Bertz CT molecular complexity index is 957. The highest BCUT2D eigenvalue weighted by molar-refractivity contribution is 7.21. The highest BCUT2D eigenvalue weighted by atomic mass is 32.1. The molecule has 2 amide bonds. The Labute approximate surface area is 153 Å².